The Kier molecular flexibility index (Phi) is 7.49. The van der Waals surface area contributed by atoms with E-state index in [1.807, 2.05) is 13.8 Å². The minimum atomic E-state index is -2.40. The maximum Gasteiger partial charge on any atom is 0.509 e. The SMILES string of the molecule is C=C(C)[C@@]12OC(=O)O[C@@H]1[C@@H]1C=C(COC(C)=O)[C@H]3OC(C)(C)O[C@]34[C@@H](O[Si](C)(C)C(C)(C)C)[C@@H](C)C[C@H]4[C@@]1(O)[C@H](C)[C@H]2O. The van der Waals surface area contributed by atoms with Crippen LogP contribution in [0.25, 0.3) is 0 Å². The highest BCUT2D eigenvalue weighted by Crippen LogP contribution is 2.66. The third-order valence-corrected chi connectivity index (χ3v) is 15.8. The molecule has 10 nitrogen and oxygen atoms in total. The van der Waals surface area contributed by atoms with E-state index in [-0.39, 0.29) is 17.6 Å². The second-order valence-corrected chi connectivity index (χ2v) is 20.3. The molecule has 11 heteroatoms. The van der Waals surface area contributed by atoms with Gasteiger partial charge in [0.1, 0.15) is 24.4 Å². The molecule has 43 heavy (non-hydrogen) atoms. The number of aliphatic hydroxyl groups excluding tert-OH is 1. The molecule has 0 bridgehead atoms. The molecule has 0 aromatic rings. The summed E-state index contributed by atoms with van der Waals surface area (Å²) in [4.78, 5) is 24.9. The Morgan fingerprint density at radius 1 is 1.21 bits per heavy atom. The summed E-state index contributed by atoms with van der Waals surface area (Å²) >= 11 is 0. The van der Waals surface area contributed by atoms with Gasteiger partial charge < -0.3 is 38.3 Å². The van der Waals surface area contributed by atoms with Crippen molar-refractivity contribution in [1.82, 2.24) is 0 Å². The molecular weight excluding hydrogens is 572 g/mol. The molecular formula is C32H50O10Si. The minimum Gasteiger partial charge on any atom is -0.461 e. The lowest BCUT2D eigenvalue weighted by atomic mass is 9.53. The predicted molar refractivity (Wildman–Crippen MR) is 159 cm³/mol. The molecule has 3 aliphatic carbocycles. The van der Waals surface area contributed by atoms with Crippen molar-refractivity contribution in [2.75, 3.05) is 6.61 Å². The number of hydrogen-bond acceptors (Lipinski definition) is 10. The van der Waals surface area contributed by atoms with Crippen LogP contribution in [0, 0.1) is 23.7 Å². The molecule has 4 fully saturated rings. The van der Waals surface area contributed by atoms with Crippen molar-refractivity contribution in [3.63, 3.8) is 0 Å². The Labute approximate surface area is 256 Å². The maximum atomic E-state index is 13.2. The average molecular weight is 623 g/mol. The fourth-order valence-electron chi connectivity index (χ4n) is 8.41. The molecule has 11 atom stereocenters. The van der Waals surface area contributed by atoms with Crippen molar-refractivity contribution in [2.45, 2.75) is 134 Å². The summed E-state index contributed by atoms with van der Waals surface area (Å²) in [7, 11) is -2.40. The fourth-order valence-corrected chi connectivity index (χ4v) is 9.82. The van der Waals surface area contributed by atoms with E-state index in [2.05, 4.69) is 47.4 Å². The van der Waals surface area contributed by atoms with Gasteiger partial charge in [-0.2, -0.15) is 0 Å². The number of carbonyl (C=O) groups excluding carboxylic acids is 2. The van der Waals surface area contributed by atoms with E-state index in [1.54, 1.807) is 19.9 Å². The molecule has 0 unspecified atom stereocenters. The highest BCUT2D eigenvalue weighted by molar-refractivity contribution is 6.74. The van der Waals surface area contributed by atoms with Crippen LogP contribution in [-0.4, -0.2) is 84.3 Å². The number of carbonyl (C=O) groups is 2. The first kappa shape index (κ1) is 32.6. The second-order valence-electron chi connectivity index (χ2n) is 15.6. The Balaban J connectivity index is 1.78. The smallest absolute Gasteiger partial charge is 0.461 e. The van der Waals surface area contributed by atoms with Crippen LogP contribution in [0.4, 0.5) is 4.79 Å². The predicted octanol–water partition coefficient (Wildman–Crippen LogP) is 4.63. The monoisotopic (exact) mass is 622 g/mol. The van der Waals surface area contributed by atoms with Crippen LogP contribution in [0.15, 0.2) is 23.8 Å². The second kappa shape index (κ2) is 9.87. The zero-order chi connectivity index (χ0) is 32.3. The molecule has 2 saturated carbocycles. The van der Waals surface area contributed by atoms with E-state index in [1.165, 1.54) is 6.92 Å². The summed E-state index contributed by atoms with van der Waals surface area (Å²) < 4.78 is 38.1. The molecule has 0 aromatic heterocycles. The van der Waals surface area contributed by atoms with Gasteiger partial charge in [0.25, 0.3) is 0 Å². The highest BCUT2D eigenvalue weighted by atomic mass is 28.4. The normalized spacial score (nSPS) is 45.0. The average Bonchev–Trinajstić information content (AvgIpc) is 3.44. The molecule has 5 rings (SSSR count). The zero-order valence-electron chi connectivity index (χ0n) is 27.5. The number of rotatable bonds is 5. The fraction of sp³-hybridized carbons (Fsp3) is 0.812. The van der Waals surface area contributed by atoms with E-state index < -0.39 is 85.2 Å². The Bertz CT molecular complexity index is 1240. The van der Waals surface area contributed by atoms with Crippen LogP contribution in [0.5, 0.6) is 0 Å². The molecule has 2 saturated heterocycles. The number of fused-ring (bicyclic) bond motifs is 4. The first-order valence-electron chi connectivity index (χ1n) is 15.4. The number of esters is 1. The Hall–Kier alpha value is -1.76. The van der Waals surface area contributed by atoms with E-state index in [0.29, 0.717) is 17.6 Å². The molecule has 1 spiro atoms. The summed E-state index contributed by atoms with van der Waals surface area (Å²) in [5.41, 5.74) is -3.48. The number of ether oxygens (including phenoxy) is 5. The summed E-state index contributed by atoms with van der Waals surface area (Å²) in [5.74, 6) is -3.94. The highest BCUT2D eigenvalue weighted by Gasteiger charge is 2.80. The van der Waals surface area contributed by atoms with E-state index in [9.17, 15) is 19.8 Å². The van der Waals surface area contributed by atoms with Crippen LogP contribution < -0.4 is 0 Å². The zero-order valence-corrected chi connectivity index (χ0v) is 28.5. The number of hydrogen-bond donors (Lipinski definition) is 2. The van der Waals surface area contributed by atoms with Gasteiger partial charge in [-0.1, -0.05) is 47.3 Å². The first-order chi connectivity index (χ1) is 19.6. The Morgan fingerprint density at radius 2 is 1.84 bits per heavy atom. The summed E-state index contributed by atoms with van der Waals surface area (Å²) in [6.45, 7) is 25.4. The molecule has 0 amide bonds. The molecule has 2 heterocycles. The molecule has 5 aliphatic rings. The van der Waals surface area contributed by atoms with Crippen molar-refractivity contribution in [3.8, 4) is 0 Å². The minimum absolute atomic E-state index is 0.0728. The molecule has 242 valence electrons. The Morgan fingerprint density at radius 3 is 2.40 bits per heavy atom. The maximum absolute atomic E-state index is 13.2. The van der Waals surface area contributed by atoms with E-state index in [0.717, 1.165) is 0 Å². The summed E-state index contributed by atoms with van der Waals surface area (Å²) in [6.07, 6.45) is -2.32. The van der Waals surface area contributed by atoms with Crippen molar-refractivity contribution in [1.29, 1.82) is 0 Å². The van der Waals surface area contributed by atoms with Gasteiger partial charge in [-0.3, -0.25) is 4.79 Å². The van der Waals surface area contributed by atoms with Crippen molar-refractivity contribution >= 4 is 20.4 Å². The lowest BCUT2D eigenvalue weighted by Crippen LogP contribution is -2.73. The van der Waals surface area contributed by atoms with Gasteiger partial charge in [-0.15, -0.1) is 0 Å². The largest absolute Gasteiger partial charge is 0.509 e. The van der Waals surface area contributed by atoms with Crippen LogP contribution in [0.2, 0.25) is 18.1 Å². The summed E-state index contributed by atoms with van der Waals surface area (Å²) in [6, 6.07) is 0. The third kappa shape index (κ3) is 4.43. The molecule has 0 radical (unpaired) electrons. The van der Waals surface area contributed by atoms with E-state index >= 15 is 0 Å². The molecule has 0 aromatic carbocycles. The molecule has 2 aliphatic heterocycles. The van der Waals surface area contributed by atoms with Crippen LogP contribution in [0.1, 0.15) is 68.7 Å². The standard InChI is InChI=1S/C32H50O10Si/c1-16(2)31-23(34)18(4)30(36)21(26(31)38-27(35)40-31)14-20(15-37-19(5)33)25-32(42-29(9,10)39-25)22(30)13-17(3)24(32)41-43(11,12)28(6,7)8/h14,17-18,21-26,34,36H,1,13,15H2,2-12H3/t17-,18+,21-,22-,23+,24-,25+,26+,30+,31-,32+/m0/s1. The van der Waals surface area contributed by atoms with Crippen molar-refractivity contribution < 1.29 is 47.9 Å². The third-order valence-electron chi connectivity index (χ3n) is 11.4. The topological polar surface area (TPSA) is 130 Å². The van der Waals surface area contributed by atoms with Crippen LogP contribution in [0.3, 0.4) is 0 Å². The van der Waals surface area contributed by atoms with Gasteiger partial charge in [0.2, 0.25) is 0 Å². The van der Waals surface area contributed by atoms with Crippen LogP contribution >= 0.6 is 0 Å². The van der Waals surface area contributed by atoms with Crippen LogP contribution in [-0.2, 0) is 32.9 Å². The lowest BCUT2D eigenvalue weighted by Gasteiger charge is -2.58. The van der Waals surface area contributed by atoms with Gasteiger partial charge in [0.05, 0.1) is 11.7 Å². The molecule has 2 N–H and O–H groups in total. The summed E-state index contributed by atoms with van der Waals surface area (Å²) in [5, 5.41) is 25.1. The van der Waals surface area contributed by atoms with Gasteiger partial charge >= 0.3 is 12.1 Å². The number of aliphatic hydroxyl groups is 2. The van der Waals surface area contributed by atoms with Gasteiger partial charge in [0, 0.05) is 24.7 Å². The van der Waals surface area contributed by atoms with Gasteiger partial charge in [-0.25, -0.2) is 4.79 Å². The van der Waals surface area contributed by atoms with Crippen molar-refractivity contribution in [2.24, 2.45) is 23.7 Å². The van der Waals surface area contributed by atoms with E-state index in [4.69, 9.17) is 28.1 Å². The first-order valence-corrected chi connectivity index (χ1v) is 18.3. The quantitative estimate of drug-likeness (QED) is 0.254. The van der Waals surface area contributed by atoms with Gasteiger partial charge in [-0.05, 0) is 62.4 Å². The van der Waals surface area contributed by atoms with Crippen molar-refractivity contribution in [3.05, 3.63) is 23.8 Å². The lowest BCUT2D eigenvalue weighted by molar-refractivity contribution is -0.262. The van der Waals surface area contributed by atoms with Gasteiger partial charge in [0.15, 0.2) is 25.8 Å².